The molecule has 9 heteroatoms. The van der Waals surface area contributed by atoms with E-state index >= 15 is 0 Å². The minimum Gasteiger partial charge on any atom is -0.455 e. The maximum Gasteiger partial charge on any atom is 0.329 e. The first-order chi connectivity index (χ1) is 13.0. The first kappa shape index (κ1) is 18.3. The Morgan fingerprint density at radius 1 is 1.19 bits per heavy atom. The van der Waals surface area contributed by atoms with Gasteiger partial charge in [-0.05, 0) is 25.0 Å². The van der Waals surface area contributed by atoms with E-state index in [4.69, 9.17) is 4.42 Å². The quantitative estimate of drug-likeness (QED) is 0.361. The van der Waals surface area contributed by atoms with Gasteiger partial charge in [0, 0.05) is 23.7 Å². The average molecular weight is 370 g/mol. The highest BCUT2D eigenvalue weighted by Crippen LogP contribution is 2.25. The molecule has 0 radical (unpaired) electrons. The molecule has 27 heavy (non-hydrogen) atoms. The summed E-state index contributed by atoms with van der Waals surface area (Å²) >= 11 is 0. The third kappa shape index (κ3) is 4.78. The summed E-state index contributed by atoms with van der Waals surface area (Å²) in [5.41, 5.74) is 2.65. The molecule has 3 rings (SSSR count). The summed E-state index contributed by atoms with van der Waals surface area (Å²) in [6.45, 7) is 0. The Balaban J connectivity index is 1.57. The van der Waals surface area contributed by atoms with Gasteiger partial charge in [-0.1, -0.05) is 25.0 Å². The molecule has 0 unspecified atom stereocenters. The standard InChI is InChI=1S/C18H18N4O5/c23-17(20-13-5-1-2-6-13)18(24)21-19-11-15-8-9-16(27-15)12-4-3-7-14(10-12)22(25)26/h3-4,7-11,13H,1-2,5-6H2,(H,20,23)(H,21,24)/b19-11+. The Morgan fingerprint density at radius 2 is 1.96 bits per heavy atom. The summed E-state index contributed by atoms with van der Waals surface area (Å²) in [4.78, 5) is 33.8. The lowest BCUT2D eigenvalue weighted by Gasteiger charge is -2.09. The van der Waals surface area contributed by atoms with Crippen LogP contribution < -0.4 is 10.7 Å². The number of hydrogen-bond donors (Lipinski definition) is 2. The van der Waals surface area contributed by atoms with Crippen molar-refractivity contribution in [2.24, 2.45) is 5.10 Å². The SMILES string of the molecule is O=C(N/N=C/c1ccc(-c2cccc([N+](=O)[O-])c2)o1)C(=O)NC1CCCC1. The van der Waals surface area contributed by atoms with Gasteiger partial charge in [-0.15, -0.1) is 0 Å². The number of benzene rings is 1. The summed E-state index contributed by atoms with van der Waals surface area (Å²) in [6.07, 6.45) is 5.12. The summed E-state index contributed by atoms with van der Waals surface area (Å²) < 4.78 is 5.53. The summed E-state index contributed by atoms with van der Waals surface area (Å²) in [6, 6.07) is 9.32. The molecule has 0 atom stereocenters. The number of nitrogens with one attached hydrogen (secondary N) is 2. The van der Waals surface area contributed by atoms with E-state index in [9.17, 15) is 19.7 Å². The van der Waals surface area contributed by atoms with E-state index < -0.39 is 16.7 Å². The molecule has 0 aliphatic heterocycles. The van der Waals surface area contributed by atoms with Gasteiger partial charge in [-0.2, -0.15) is 5.10 Å². The summed E-state index contributed by atoms with van der Waals surface area (Å²) in [5, 5.41) is 17.2. The molecule has 1 heterocycles. The number of hydrogen-bond acceptors (Lipinski definition) is 6. The van der Waals surface area contributed by atoms with Crippen LogP contribution in [0.4, 0.5) is 5.69 Å². The lowest BCUT2D eigenvalue weighted by atomic mass is 10.1. The van der Waals surface area contributed by atoms with Gasteiger partial charge in [0.2, 0.25) is 0 Å². The second-order valence-electron chi connectivity index (χ2n) is 6.16. The molecule has 0 bridgehead atoms. The molecule has 2 aromatic rings. The van der Waals surface area contributed by atoms with E-state index in [0.717, 1.165) is 25.7 Å². The van der Waals surface area contributed by atoms with Crippen molar-refractivity contribution in [1.82, 2.24) is 10.7 Å². The molecule has 1 saturated carbocycles. The summed E-state index contributed by atoms with van der Waals surface area (Å²) in [7, 11) is 0. The van der Waals surface area contributed by atoms with E-state index in [0.29, 0.717) is 17.1 Å². The smallest absolute Gasteiger partial charge is 0.329 e. The molecule has 1 aliphatic carbocycles. The fraction of sp³-hybridized carbons (Fsp3) is 0.278. The molecule has 1 aromatic heterocycles. The number of hydrazone groups is 1. The van der Waals surface area contributed by atoms with Crippen molar-refractivity contribution in [3.05, 3.63) is 52.3 Å². The fourth-order valence-electron chi connectivity index (χ4n) is 2.88. The predicted octanol–water partition coefficient (Wildman–Crippen LogP) is 2.36. The molecular weight excluding hydrogens is 352 g/mol. The van der Waals surface area contributed by atoms with Crippen LogP contribution in [0.25, 0.3) is 11.3 Å². The number of nitrogens with zero attached hydrogens (tertiary/aromatic N) is 2. The van der Waals surface area contributed by atoms with Crippen LogP contribution in [0.5, 0.6) is 0 Å². The Labute approximate surface area is 154 Å². The number of carbonyl (C=O) groups is 2. The Bertz CT molecular complexity index is 883. The highest BCUT2D eigenvalue weighted by atomic mass is 16.6. The highest BCUT2D eigenvalue weighted by Gasteiger charge is 2.21. The van der Waals surface area contributed by atoms with Gasteiger partial charge >= 0.3 is 11.8 Å². The van der Waals surface area contributed by atoms with Gasteiger partial charge < -0.3 is 9.73 Å². The third-order valence-corrected chi connectivity index (χ3v) is 4.22. The zero-order valence-electron chi connectivity index (χ0n) is 14.4. The zero-order valence-corrected chi connectivity index (χ0v) is 14.4. The van der Waals surface area contributed by atoms with Crippen LogP contribution in [0.1, 0.15) is 31.4 Å². The topological polar surface area (TPSA) is 127 Å². The maximum absolute atomic E-state index is 11.7. The van der Waals surface area contributed by atoms with Gasteiger partial charge in [0.25, 0.3) is 5.69 Å². The van der Waals surface area contributed by atoms with Crippen LogP contribution in [0.15, 0.2) is 45.9 Å². The molecule has 2 N–H and O–H groups in total. The largest absolute Gasteiger partial charge is 0.455 e. The van der Waals surface area contributed by atoms with Crippen LogP contribution in [-0.4, -0.2) is 29.0 Å². The van der Waals surface area contributed by atoms with Crippen LogP contribution in [-0.2, 0) is 9.59 Å². The number of rotatable bonds is 5. The molecular formula is C18H18N4O5. The molecule has 1 fully saturated rings. The minimum atomic E-state index is -0.844. The molecule has 1 aliphatic rings. The molecule has 1 aromatic carbocycles. The fourth-order valence-corrected chi connectivity index (χ4v) is 2.88. The van der Waals surface area contributed by atoms with E-state index in [-0.39, 0.29) is 11.7 Å². The Kier molecular flexibility index (Phi) is 5.60. The first-order valence-corrected chi connectivity index (χ1v) is 8.51. The van der Waals surface area contributed by atoms with Crippen molar-refractivity contribution in [3.63, 3.8) is 0 Å². The molecule has 0 spiro atoms. The van der Waals surface area contributed by atoms with E-state index in [2.05, 4.69) is 15.8 Å². The van der Waals surface area contributed by atoms with Crippen molar-refractivity contribution in [2.75, 3.05) is 0 Å². The Morgan fingerprint density at radius 3 is 2.70 bits per heavy atom. The normalized spacial score (nSPS) is 14.4. The van der Waals surface area contributed by atoms with E-state index in [1.807, 2.05) is 0 Å². The lowest BCUT2D eigenvalue weighted by Crippen LogP contribution is -2.42. The van der Waals surface area contributed by atoms with Crippen molar-refractivity contribution >= 4 is 23.7 Å². The second-order valence-corrected chi connectivity index (χ2v) is 6.16. The molecule has 9 nitrogen and oxygen atoms in total. The van der Waals surface area contributed by atoms with Crippen LogP contribution in [0, 0.1) is 10.1 Å². The van der Waals surface area contributed by atoms with Crippen molar-refractivity contribution in [3.8, 4) is 11.3 Å². The maximum atomic E-state index is 11.7. The van der Waals surface area contributed by atoms with E-state index in [1.165, 1.54) is 18.3 Å². The lowest BCUT2D eigenvalue weighted by molar-refractivity contribution is -0.384. The first-order valence-electron chi connectivity index (χ1n) is 8.51. The molecule has 2 amide bonds. The number of amides is 2. The number of carbonyl (C=O) groups excluding carboxylic acids is 2. The van der Waals surface area contributed by atoms with Crippen LogP contribution in [0.3, 0.4) is 0 Å². The van der Waals surface area contributed by atoms with Gasteiger partial charge in [0.15, 0.2) is 0 Å². The second kappa shape index (κ2) is 8.26. The van der Waals surface area contributed by atoms with E-state index in [1.54, 1.807) is 24.3 Å². The zero-order chi connectivity index (χ0) is 19.2. The Hall–Kier alpha value is -3.49. The minimum absolute atomic E-state index is 0.0420. The van der Waals surface area contributed by atoms with Crippen molar-refractivity contribution in [1.29, 1.82) is 0 Å². The predicted molar refractivity (Wildman–Crippen MR) is 96.9 cm³/mol. The van der Waals surface area contributed by atoms with Crippen molar-refractivity contribution in [2.45, 2.75) is 31.7 Å². The van der Waals surface area contributed by atoms with Gasteiger partial charge in [-0.3, -0.25) is 19.7 Å². The number of nitro benzene ring substituents is 1. The monoisotopic (exact) mass is 370 g/mol. The van der Waals surface area contributed by atoms with Gasteiger partial charge in [0.1, 0.15) is 11.5 Å². The highest BCUT2D eigenvalue weighted by molar-refractivity contribution is 6.35. The molecule has 0 saturated heterocycles. The number of non-ortho nitro benzene ring substituents is 1. The van der Waals surface area contributed by atoms with Gasteiger partial charge in [0.05, 0.1) is 11.1 Å². The number of furan rings is 1. The average Bonchev–Trinajstić information content (AvgIpc) is 3.33. The van der Waals surface area contributed by atoms with Gasteiger partial charge in [-0.25, -0.2) is 5.43 Å². The third-order valence-electron chi connectivity index (χ3n) is 4.22. The van der Waals surface area contributed by atoms with Crippen molar-refractivity contribution < 1.29 is 18.9 Å². The van der Waals surface area contributed by atoms with Crippen LogP contribution in [0.2, 0.25) is 0 Å². The summed E-state index contributed by atoms with van der Waals surface area (Å²) in [5.74, 6) is -0.808. The molecule has 140 valence electrons. The van der Waals surface area contributed by atoms with Crippen LogP contribution >= 0.6 is 0 Å². The number of nitro groups is 1.